The third-order valence-corrected chi connectivity index (χ3v) is 2.46. The van der Waals surface area contributed by atoms with Crippen LogP contribution in [-0.4, -0.2) is 17.1 Å². The van der Waals surface area contributed by atoms with Gasteiger partial charge in [0.1, 0.15) is 0 Å². The number of fused-ring (bicyclic) bond motifs is 2. The van der Waals surface area contributed by atoms with E-state index in [0.29, 0.717) is 0 Å². The van der Waals surface area contributed by atoms with Crippen LogP contribution in [0.1, 0.15) is 25.7 Å². The Morgan fingerprint density at radius 1 is 1.25 bits per heavy atom. The fraction of sp³-hybridized carbons (Fsp3) is 1.00. The van der Waals surface area contributed by atoms with Crippen LogP contribution in [0.2, 0.25) is 0 Å². The number of hydrogen-bond donors (Lipinski definition) is 1. The Labute approximate surface area is 49.6 Å². The molecule has 3 rings (SSSR count). The molecule has 0 amide bonds. The van der Waals surface area contributed by atoms with Gasteiger partial charge >= 0.3 is 0 Å². The summed E-state index contributed by atoms with van der Waals surface area (Å²) in [5.74, 6) is 5.66. The van der Waals surface area contributed by atoms with Gasteiger partial charge in [-0.3, -0.25) is 5.84 Å². The zero-order valence-electron chi connectivity index (χ0n) is 5.01. The Kier molecular flexibility index (Phi) is 0.866. The summed E-state index contributed by atoms with van der Waals surface area (Å²) >= 11 is 0. The van der Waals surface area contributed by atoms with Crippen LogP contribution >= 0.6 is 0 Å². The van der Waals surface area contributed by atoms with Crippen molar-refractivity contribution in [2.45, 2.75) is 37.8 Å². The quantitative estimate of drug-likeness (QED) is 0.462. The van der Waals surface area contributed by atoms with Crippen LogP contribution in [0.4, 0.5) is 0 Å². The average molecular weight is 112 g/mol. The lowest BCUT2D eigenvalue weighted by Crippen LogP contribution is -2.62. The minimum absolute atomic E-state index is 0.758. The molecule has 0 aromatic heterocycles. The van der Waals surface area contributed by atoms with Crippen LogP contribution < -0.4 is 5.84 Å². The van der Waals surface area contributed by atoms with E-state index in [1.54, 1.807) is 0 Å². The van der Waals surface area contributed by atoms with Gasteiger partial charge in [0, 0.05) is 12.1 Å². The summed E-state index contributed by atoms with van der Waals surface area (Å²) in [6.07, 6.45) is 5.46. The predicted octanol–water partition coefficient (Wildman–Crippen LogP) is 0.487. The topological polar surface area (TPSA) is 29.3 Å². The second-order valence-electron chi connectivity index (χ2n) is 2.92. The van der Waals surface area contributed by atoms with E-state index in [2.05, 4.69) is 0 Å². The van der Waals surface area contributed by atoms with Crippen molar-refractivity contribution in [1.82, 2.24) is 5.01 Å². The van der Waals surface area contributed by atoms with Gasteiger partial charge < -0.3 is 0 Å². The molecule has 1 saturated carbocycles. The van der Waals surface area contributed by atoms with E-state index in [0.717, 1.165) is 12.1 Å². The van der Waals surface area contributed by atoms with Crippen LogP contribution in [-0.2, 0) is 0 Å². The lowest BCUT2D eigenvalue weighted by molar-refractivity contribution is -0.0280. The van der Waals surface area contributed by atoms with E-state index in [4.69, 9.17) is 5.84 Å². The van der Waals surface area contributed by atoms with Crippen molar-refractivity contribution in [2.24, 2.45) is 5.84 Å². The summed E-state index contributed by atoms with van der Waals surface area (Å²) in [7, 11) is 0. The van der Waals surface area contributed by atoms with E-state index < -0.39 is 0 Å². The molecule has 0 spiro atoms. The van der Waals surface area contributed by atoms with Gasteiger partial charge in [-0.25, -0.2) is 5.01 Å². The summed E-state index contributed by atoms with van der Waals surface area (Å²) in [5.41, 5.74) is 0. The molecule has 1 aliphatic carbocycles. The SMILES string of the molecule is NN1C2CCCC1C2. The van der Waals surface area contributed by atoms with Crippen molar-refractivity contribution in [1.29, 1.82) is 0 Å². The van der Waals surface area contributed by atoms with Gasteiger partial charge in [0.25, 0.3) is 0 Å². The first-order valence-corrected chi connectivity index (χ1v) is 3.41. The molecule has 2 heterocycles. The average Bonchev–Trinajstić information content (AvgIpc) is 1.89. The summed E-state index contributed by atoms with van der Waals surface area (Å²) < 4.78 is 0. The molecule has 3 aliphatic rings. The second kappa shape index (κ2) is 1.45. The van der Waals surface area contributed by atoms with Gasteiger partial charge in [0.15, 0.2) is 0 Å². The minimum Gasteiger partial charge on any atom is -0.268 e. The van der Waals surface area contributed by atoms with Crippen LogP contribution in [0.3, 0.4) is 0 Å². The third kappa shape index (κ3) is 0.446. The predicted molar refractivity (Wildman–Crippen MR) is 32.1 cm³/mol. The van der Waals surface area contributed by atoms with E-state index in [-0.39, 0.29) is 0 Å². The zero-order chi connectivity index (χ0) is 5.56. The highest BCUT2D eigenvalue weighted by atomic mass is 15.5. The maximum Gasteiger partial charge on any atom is 0.0259 e. The van der Waals surface area contributed by atoms with Crippen molar-refractivity contribution < 1.29 is 0 Å². The van der Waals surface area contributed by atoms with E-state index in [9.17, 15) is 0 Å². The molecule has 2 nitrogen and oxygen atoms in total. The van der Waals surface area contributed by atoms with Crippen molar-refractivity contribution in [2.75, 3.05) is 0 Å². The first-order chi connectivity index (χ1) is 3.88. The van der Waals surface area contributed by atoms with Gasteiger partial charge in [-0.15, -0.1) is 0 Å². The Morgan fingerprint density at radius 3 is 2.12 bits per heavy atom. The Bertz CT molecular complexity index is 88.7. The highest BCUT2D eigenvalue weighted by molar-refractivity contribution is 4.93. The van der Waals surface area contributed by atoms with Gasteiger partial charge in [-0.2, -0.15) is 0 Å². The number of piperidine rings is 1. The second-order valence-corrected chi connectivity index (χ2v) is 2.92. The van der Waals surface area contributed by atoms with Crippen LogP contribution in [0, 0.1) is 0 Å². The number of hydrazine groups is 1. The molecule has 3 fully saturated rings. The molecule has 0 aromatic rings. The lowest BCUT2D eigenvalue weighted by atomic mass is 9.82. The van der Waals surface area contributed by atoms with E-state index in [1.165, 1.54) is 25.7 Å². The molecule has 2 heteroatoms. The van der Waals surface area contributed by atoms with Crippen molar-refractivity contribution >= 4 is 0 Å². The molecule has 2 bridgehead atoms. The fourth-order valence-corrected chi connectivity index (χ4v) is 1.84. The normalized spacial score (nSPS) is 46.1. The highest BCUT2D eigenvalue weighted by Gasteiger charge is 2.38. The summed E-state index contributed by atoms with van der Waals surface area (Å²) in [6.45, 7) is 0. The van der Waals surface area contributed by atoms with E-state index >= 15 is 0 Å². The zero-order valence-corrected chi connectivity index (χ0v) is 5.01. The maximum absolute atomic E-state index is 5.66. The lowest BCUT2D eigenvalue weighted by Gasteiger charge is -2.50. The Balaban J connectivity index is 2.03. The molecule has 8 heavy (non-hydrogen) atoms. The molecule has 2 N–H and O–H groups in total. The largest absolute Gasteiger partial charge is 0.268 e. The van der Waals surface area contributed by atoms with Gasteiger partial charge in [-0.1, -0.05) is 6.42 Å². The van der Waals surface area contributed by atoms with Crippen LogP contribution in [0.15, 0.2) is 0 Å². The number of nitrogens with zero attached hydrogens (tertiary/aromatic N) is 1. The maximum atomic E-state index is 5.66. The monoisotopic (exact) mass is 112 g/mol. The minimum atomic E-state index is 0.758. The van der Waals surface area contributed by atoms with Gasteiger partial charge in [-0.05, 0) is 19.3 Å². The fourth-order valence-electron chi connectivity index (χ4n) is 1.84. The van der Waals surface area contributed by atoms with Crippen LogP contribution in [0.5, 0.6) is 0 Å². The molecule has 0 aromatic carbocycles. The van der Waals surface area contributed by atoms with Gasteiger partial charge in [0.2, 0.25) is 0 Å². The molecule has 2 saturated heterocycles. The van der Waals surface area contributed by atoms with Gasteiger partial charge in [0.05, 0.1) is 0 Å². The molecule has 0 radical (unpaired) electrons. The summed E-state index contributed by atoms with van der Waals surface area (Å²) in [6, 6.07) is 1.52. The molecular formula is C6H12N2. The molecule has 46 valence electrons. The van der Waals surface area contributed by atoms with E-state index in [1.807, 2.05) is 5.01 Å². The summed E-state index contributed by atoms with van der Waals surface area (Å²) in [5, 5.41) is 2.03. The number of rotatable bonds is 0. The Morgan fingerprint density at radius 2 is 1.88 bits per heavy atom. The summed E-state index contributed by atoms with van der Waals surface area (Å²) in [4.78, 5) is 0. The first-order valence-electron chi connectivity index (χ1n) is 3.41. The number of nitrogens with two attached hydrogens (primary N) is 1. The van der Waals surface area contributed by atoms with Crippen molar-refractivity contribution in [3.05, 3.63) is 0 Å². The third-order valence-electron chi connectivity index (χ3n) is 2.46. The standard InChI is InChI=1S/C6H12N2/c7-8-5-2-1-3-6(8)4-5/h5-6H,1-4,7H2. The first kappa shape index (κ1) is 4.77. The molecule has 2 unspecified atom stereocenters. The van der Waals surface area contributed by atoms with Crippen LogP contribution in [0.25, 0.3) is 0 Å². The molecule has 2 atom stereocenters. The number of hydrogen-bond acceptors (Lipinski definition) is 2. The van der Waals surface area contributed by atoms with Crippen molar-refractivity contribution in [3.63, 3.8) is 0 Å². The van der Waals surface area contributed by atoms with Crippen molar-refractivity contribution in [3.8, 4) is 0 Å². The molecular weight excluding hydrogens is 100 g/mol. The highest BCUT2D eigenvalue weighted by Crippen LogP contribution is 2.34. The Hall–Kier alpha value is -0.0800. The smallest absolute Gasteiger partial charge is 0.0259 e. The molecule has 2 aliphatic heterocycles.